The van der Waals surface area contributed by atoms with Gasteiger partial charge in [-0.3, -0.25) is 4.79 Å². The number of carboxylic acid groups (broad SMARTS) is 1. The molecule has 5 nitrogen and oxygen atoms in total. The average Bonchev–Trinajstić information content (AvgIpc) is 2.24. The van der Waals surface area contributed by atoms with Crippen LogP contribution in [0, 0.1) is 5.92 Å². The number of ketones is 1. The Bertz CT molecular complexity index is 254. The number of rotatable bonds is 8. The minimum atomic E-state index is -1.33. The fraction of sp³-hybridized carbons (Fsp3) is 0.692. The molecule has 0 N–H and O–H groups in total. The van der Waals surface area contributed by atoms with Crippen LogP contribution < -0.4 is 5.11 Å². The second-order valence-corrected chi connectivity index (χ2v) is 5.21. The third-order valence-electron chi connectivity index (χ3n) is 1.83. The van der Waals surface area contributed by atoms with E-state index in [-0.39, 0.29) is 28.1 Å². The van der Waals surface area contributed by atoms with Gasteiger partial charge in [-0.1, -0.05) is 6.08 Å². The van der Waals surface area contributed by atoms with Gasteiger partial charge in [0.2, 0.25) is 0 Å². The molecule has 19 heavy (non-hydrogen) atoms. The SMILES string of the molecule is C=CCC(C(C)=O)C(=O)[O-].CC(C)[O][Al+][O]C(C)C. The van der Waals surface area contributed by atoms with Gasteiger partial charge in [0.25, 0.3) is 0 Å². The monoisotopic (exact) mass is 286 g/mol. The van der Waals surface area contributed by atoms with Crippen molar-refractivity contribution in [1.82, 2.24) is 0 Å². The van der Waals surface area contributed by atoms with Gasteiger partial charge in [-0.25, -0.2) is 0 Å². The Morgan fingerprint density at radius 3 is 1.79 bits per heavy atom. The van der Waals surface area contributed by atoms with Crippen molar-refractivity contribution in [3.8, 4) is 0 Å². The number of allylic oxidation sites excluding steroid dienone is 1. The molecule has 0 saturated heterocycles. The molecule has 0 spiro atoms. The molecule has 0 aliphatic rings. The molecular formula is C13H23AlO5. The predicted molar refractivity (Wildman–Crippen MR) is 72.2 cm³/mol. The first kappa shape index (κ1) is 20.6. The summed E-state index contributed by atoms with van der Waals surface area (Å²) >= 11 is -0.245. The van der Waals surface area contributed by atoms with Gasteiger partial charge in [-0.15, -0.1) is 6.58 Å². The van der Waals surface area contributed by atoms with Gasteiger partial charge in [0.15, 0.2) is 0 Å². The number of aliphatic carboxylic acids is 1. The summed E-state index contributed by atoms with van der Waals surface area (Å²) in [4.78, 5) is 20.7. The van der Waals surface area contributed by atoms with Crippen LogP contribution >= 0.6 is 0 Å². The standard InChI is InChI=1S/C7H10O3.2C3H7O.Al/c1-3-4-6(5(2)8)7(9)10;2*1-3(2)4;/h3,6H,1,4H2,2H3,(H,9,10);2*3H,1-2H3;/q;2*-1;+3/p-1. The van der Waals surface area contributed by atoms with Crippen molar-refractivity contribution < 1.29 is 22.3 Å². The number of hydrogen-bond donors (Lipinski definition) is 0. The molecule has 6 heteroatoms. The molecule has 0 aromatic heterocycles. The van der Waals surface area contributed by atoms with Crippen molar-refractivity contribution in [3.05, 3.63) is 12.7 Å². The first-order valence-electron chi connectivity index (χ1n) is 6.17. The van der Waals surface area contributed by atoms with E-state index >= 15 is 0 Å². The van der Waals surface area contributed by atoms with Crippen LogP contribution in [0.25, 0.3) is 0 Å². The van der Waals surface area contributed by atoms with Crippen molar-refractivity contribution >= 4 is 27.6 Å². The Morgan fingerprint density at radius 1 is 1.21 bits per heavy atom. The van der Waals surface area contributed by atoms with Gasteiger partial charge in [0, 0.05) is 0 Å². The number of hydrogen-bond acceptors (Lipinski definition) is 5. The Balaban J connectivity index is 0. The summed E-state index contributed by atoms with van der Waals surface area (Å²) in [7, 11) is 0. The van der Waals surface area contributed by atoms with E-state index in [9.17, 15) is 14.7 Å². The molecule has 0 aliphatic carbocycles. The molecule has 0 aromatic rings. The molecule has 0 aliphatic heterocycles. The quantitative estimate of drug-likeness (QED) is 0.376. The second-order valence-electron chi connectivity index (χ2n) is 4.47. The maximum atomic E-state index is 10.5. The summed E-state index contributed by atoms with van der Waals surface area (Å²) in [6.45, 7) is 12.6. The Morgan fingerprint density at radius 2 is 1.63 bits per heavy atom. The number of Topliss-reactive ketones (excluding diaryl/α,β-unsaturated/α-hetero) is 1. The zero-order chi connectivity index (χ0) is 15.4. The summed E-state index contributed by atoms with van der Waals surface area (Å²) in [5.74, 6) is -2.73. The van der Waals surface area contributed by atoms with E-state index in [0.29, 0.717) is 12.2 Å². The maximum absolute atomic E-state index is 10.5. The molecule has 0 rings (SSSR count). The Hall–Kier alpha value is -0.668. The van der Waals surface area contributed by atoms with E-state index < -0.39 is 11.9 Å². The molecule has 0 aromatic carbocycles. The van der Waals surface area contributed by atoms with Gasteiger partial charge in [0.05, 0.1) is 11.9 Å². The van der Waals surface area contributed by atoms with Crippen molar-refractivity contribution in [2.45, 2.75) is 53.2 Å². The minimum absolute atomic E-state index is 0.150. The molecular weight excluding hydrogens is 263 g/mol. The second kappa shape index (κ2) is 12.4. The fourth-order valence-electron chi connectivity index (χ4n) is 0.849. The Labute approximate surface area is 122 Å². The summed E-state index contributed by atoms with van der Waals surface area (Å²) in [6, 6.07) is 0. The zero-order valence-electron chi connectivity index (χ0n) is 12.3. The molecule has 0 amide bonds. The van der Waals surface area contributed by atoms with Crippen LogP contribution in [0.3, 0.4) is 0 Å². The van der Waals surface area contributed by atoms with Gasteiger partial charge < -0.3 is 9.90 Å². The molecule has 1 atom stereocenters. The third-order valence-corrected chi connectivity index (χ3v) is 3.14. The van der Waals surface area contributed by atoms with Crippen LogP contribution in [0.2, 0.25) is 0 Å². The summed E-state index contributed by atoms with van der Waals surface area (Å²) in [6.07, 6.45) is 2.15. The van der Waals surface area contributed by atoms with E-state index in [1.165, 1.54) is 13.0 Å². The fourth-order valence-corrected chi connectivity index (χ4v) is 1.36. The van der Waals surface area contributed by atoms with Crippen LogP contribution in [0.5, 0.6) is 0 Å². The van der Waals surface area contributed by atoms with Gasteiger partial charge in [-0.05, 0) is 13.3 Å². The predicted octanol–water partition coefficient (Wildman–Crippen LogP) is 0.888. The molecule has 0 fully saturated rings. The van der Waals surface area contributed by atoms with Gasteiger partial charge >= 0.3 is 63.4 Å². The topological polar surface area (TPSA) is 75.7 Å². The summed E-state index contributed by atoms with van der Waals surface area (Å²) in [5.41, 5.74) is 0. The van der Waals surface area contributed by atoms with E-state index in [1.807, 2.05) is 27.7 Å². The van der Waals surface area contributed by atoms with Crippen LogP contribution in [0.4, 0.5) is 0 Å². The molecule has 1 unspecified atom stereocenters. The van der Waals surface area contributed by atoms with Crippen LogP contribution in [-0.4, -0.2) is 39.8 Å². The normalized spacial score (nSPS) is 11.3. The van der Waals surface area contributed by atoms with Crippen molar-refractivity contribution in [3.63, 3.8) is 0 Å². The number of carbonyl (C=O) groups is 2. The molecule has 0 heterocycles. The van der Waals surface area contributed by atoms with Crippen LogP contribution in [0.15, 0.2) is 12.7 Å². The van der Waals surface area contributed by atoms with Gasteiger partial charge in [-0.2, -0.15) is 0 Å². The third kappa shape index (κ3) is 15.3. The van der Waals surface area contributed by atoms with Crippen LogP contribution in [-0.2, 0) is 17.2 Å². The first-order valence-corrected chi connectivity index (χ1v) is 7.11. The molecule has 108 valence electrons. The van der Waals surface area contributed by atoms with Crippen molar-refractivity contribution in [1.29, 1.82) is 0 Å². The number of carboxylic acids is 1. The Kier molecular flexibility index (Phi) is 13.4. The zero-order valence-corrected chi connectivity index (χ0v) is 13.5. The van der Waals surface area contributed by atoms with Crippen LogP contribution in [0.1, 0.15) is 41.0 Å². The molecule has 0 saturated carbocycles. The van der Waals surface area contributed by atoms with E-state index in [1.54, 1.807) is 0 Å². The van der Waals surface area contributed by atoms with E-state index in [0.717, 1.165) is 0 Å². The van der Waals surface area contributed by atoms with Crippen molar-refractivity contribution in [2.24, 2.45) is 5.92 Å². The van der Waals surface area contributed by atoms with Gasteiger partial charge in [0.1, 0.15) is 5.78 Å². The summed E-state index contributed by atoms with van der Waals surface area (Å²) < 4.78 is 10.4. The average molecular weight is 286 g/mol. The van der Waals surface area contributed by atoms with E-state index in [4.69, 9.17) is 7.58 Å². The van der Waals surface area contributed by atoms with Crippen molar-refractivity contribution in [2.75, 3.05) is 0 Å². The first-order chi connectivity index (χ1) is 8.72. The number of carbonyl (C=O) groups excluding carboxylic acids is 2. The van der Waals surface area contributed by atoms with E-state index in [2.05, 4.69) is 6.58 Å². The summed E-state index contributed by atoms with van der Waals surface area (Å²) in [5, 5.41) is 10.2. The molecule has 0 radical (unpaired) electrons. The molecule has 0 bridgehead atoms.